The number of benzene rings is 2. The summed E-state index contributed by atoms with van der Waals surface area (Å²) in [6, 6.07) is 14.0. The second-order valence-electron chi connectivity index (χ2n) is 4.42. The molecule has 0 atom stereocenters. The minimum absolute atomic E-state index is 0.0508. The SMILES string of the molecule is Cc1cccc([N+](=O)[O-])c1N(C)c1cccc(C#N)c1. The van der Waals surface area contributed by atoms with Gasteiger partial charge in [0, 0.05) is 18.8 Å². The first kappa shape index (κ1) is 13.6. The molecule has 0 aromatic heterocycles. The van der Waals surface area contributed by atoms with E-state index < -0.39 is 4.92 Å². The Morgan fingerprint density at radius 3 is 2.60 bits per heavy atom. The summed E-state index contributed by atoms with van der Waals surface area (Å²) in [5.41, 5.74) is 2.65. The lowest BCUT2D eigenvalue weighted by molar-refractivity contribution is -0.384. The smallest absolute Gasteiger partial charge is 0.293 e. The number of para-hydroxylation sites is 1. The van der Waals surface area contributed by atoms with Gasteiger partial charge in [-0.1, -0.05) is 18.2 Å². The van der Waals surface area contributed by atoms with Gasteiger partial charge in [0.2, 0.25) is 0 Å². The van der Waals surface area contributed by atoms with E-state index >= 15 is 0 Å². The third kappa shape index (κ3) is 2.45. The van der Waals surface area contributed by atoms with Crippen molar-refractivity contribution in [1.29, 1.82) is 5.26 Å². The molecule has 0 aliphatic carbocycles. The van der Waals surface area contributed by atoms with Gasteiger partial charge in [-0.05, 0) is 30.7 Å². The molecule has 0 fully saturated rings. The molecular weight excluding hydrogens is 254 g/mol. The molecule has 0 heterocycles. The molecule has 0 amide bonds. The molecule has 0 unspecified atom stereocenters. The summed E-state index contributed by atoms with van der Waals surface area (Å²) in [7, 11) is 1.76. The van der Waals surface area contributed by atoms with Crippen LogP contribution >= 0.6 is 0 Å². The predicted octanol–water partition coefficient (Wildman–Crippen LogP) is 3.54. The molecule has 0 radical (unpaired) electrons. The number of rotatable bonds is 3. The third-order valence-corrected chi connectivity index (χ3v) is 3.11. The maximum absolute atomic E-state index is 11.2. The number of hydrogen-bond donors (Lipinski definition) is 0. The maximum Gasteiger partial charge on any atom is 0.293 e. The highest BCUT2D eigenvalue weighted by Gasteiger charge is 2.20. The number of nitrogens with zero attached hydrogens (tertiary/aromatic N) is 3. The summed E-state index contributed by atoms with van der Waals surface area (Å²) in [6.07, 6.45) is 0. The Labute approximate surface area is 116 Å². The average molecular weight is 267 g/mol. The summed E-state index contributed by atoms with van der Waals surface area (Å²) < 4.78 is 0. The number of aryl methyl sites for hydroxylation is 1. The van der Waals surface area contributed by atoms with Crippen molar-refractivity contribution in [2.24, 2.45) is 0 Å². The van der Waals surface area contributed by atoms with Crippen LogP contribution in [-0.4, -0.2) is 12.0 Å². The highest BCUT2D eigenvalue weighted by Crippen LogP contribution is 2.35. The Balaban J connectivity index is 2.56. The minimum atomic E-state index is -0.396. The van der Waals surface area contributed by atoms with Crippen LogP contribution in [0.5, 0.6) is 0 Å². The van der Waals surface area contributed by atoms with Crippen LogP contribution < -0.4 is 4.90 Å². The summed E-state index contributed by atoms with van der Waals surface area (Å²) in [5, 5.41) is 20.1. The van der Waals surface area contributed by atoms with Gasteiger partial charge in [0.15, 0.2) is 0 Å². The van der Waals surface area contributed by atoms with Crippen molar-refractivity contribution < 1.29 is 4.92 Å². The fraction of sp³-hybridized carbons (Fsp3) is 0.133. The largest absolute Gasteiger partial charge is 0.339 e. The van der Waals surface area contributed by atoms with E-state index in [0.29, 0.717) is 11.3 Å². The summed E-state index contributed by atoms with van der Waals surface area (Å²) in [4.78, 5) is 12.5. The zero-order valence-corrected chi connectivity index (χ0v) is 11.2. The molecule has 5 heteroatoms. The van der Waals surface area contributed by atoms with Crippen molar-refractivity contribution >= 4 is 17.1 Å². The molecule has 0 aliphatic heterocycles. The molecule has 5 nitrogen and oxygen atoms in total. The molecule has 2 rings (SSSR count). The van der Waals surface area contributed by atoms with E-state index in [4.69, 9.17) is 5.26 Å². The quantitative estimate of drug-likeness (QED) is 0.630. The van der Waals surface area contributed by atoms with Crippen molar-refractivity contribution in [3.63, 3.8) is 0 Å². The number of anilines is 2. The molecule has 0 aliphatic rings. The van der Waals surface area contributed by atoms with Gasteiger partial charge in [0.25, 0.3) is 5.69 Å². The monoisotopic (exact) mass is 267 g/mol. The van der Waals surface area contributed by atoms with Gasteiger partial charge in [-0.15, -0.1) is 0 Å². The normalized spacial score (nSPS) is 9.85. The molecule has 0 spiro atoms. The van der Waals surface area contributed by atoms with Gasteiger partial charge in [-0.3, -0.25) is 10.1 Å². The fourth-order valence-electron chi connectivity index (χ4n) is 2.14. The second-order valence-corrected chi connectivity index (χ2v) is 4.42. The standard InChI is InChI=1S/C15H13N3O2/c1-11-5-3-8-14(18(19)20)15(11)17(2)13-7-4-6-12(9-13)10-16/h3-9H,1-2H3. The van der Waals surface area contributed by atoms with Crippen LogP contribution in [0.3, 0.4) is 0 Å². The van der Waals surface area contributed by atoms with Crippen LogP contribution in [0, 0.1) is 28.4 Å². The summed E-state index contributed by atoms with van der Waals surface area (Å²) >= 11 is 0. The van der Waals surface area contributed by atoms with Crippen LogP contribution in [-0.2, 0) is 0 Å². The van der Waals surface area contributed by atoms with E-state index in [1.807, 2.05) is 19.1 Å². The molecule has 0 saturated heterocycles. The molecule has 20 heavy (non-hydrogen) atoms. The first-order chi connectivity index (χ1) is 9.54. The van der Waals surface area contributed by atoms with Gasteiger partial charge in [-0.2, -0.15) is 5.26 Å². The van der Waals surface area contributed by atoms with E-state index in [1.165, 1.54) is 6.07 Å². The number of nitro benzene ring substituents is 1. The van der Waals surface area contributed by atoms with Gasteiger partial charge in [-0.25, -0.2) is 0 Å². The van der Waals surface area contributed by atoms with E-state index in [2.05, 4.69) is 6.07 Å². The van der Waals surface area contributed by atoms with Crippen molar-refractivity contribution in [2.45, 2.75) is 6.92 Å². The van der Waals surface area contributed by atoms with Crippen molar-refractivity contribution in [3.05, 3.63) is 63.7 Å². The lowest BCUT2D eigenvalue weighted by Gasteiger charge is -2.21. The minimum Gasteiger partial charge on any atom is -0.339 e. The first-order valence-electron chi connectivity index (χ1n) is 6.02. The highest BCUT2D eigenvalue weighted by molar-refractivity contribution is 5.75. The van der Waals surface area contributed by atoms with Gasteiger partial charge >= 0.3 is 0 Å². The lowest BCUT2D eigenvalue weighted by Crippen LogP contribution is -2.13. The van der Waals surface area contributed by atoms with E-state index in [9.17, 15) is 10.1 Å². The number of hydrogen-bond acceptors (Lipinski definition) is 4. The van der Waals surface area contributed by atoms with Crippen LogP contribution in [0.1, 0.15) is 11.1 Å². The summed E-state index contributed by atoms with van der Waals surface area (Å²) in [6.45, 7) is 1.83. The van der Waals surface area contributed by atoms with Crippen LogP contribution in [0.25, 0.3) is 0 Å². The van der Waals surface area contributed by atoms with E-state index in [0.717, 1.165) is 11.3 Å². The van der Waals surface area contributed by atoms with Crippen molar-refractivity contribution in [1.82, 2.24) is 0 Å². The lowest BCUT2D eigenvalue weighted by atomic mass is 10.1. The molecule has 100 valence electrons. The maximum atomic E-state index is 11.2. The van der Waals surface area contributed by atoms with E-state index in [1.54, 1.807) is 36.2 Å². The Kier molecular flexibility index (Phi) is 3.67. The van der Waals surface area contributed by atoms with Gasteiger partial charge < -0.3 is 4.90 Å². The van der Waals surface area contributed by atoms with Crippen LogP contribution in [0.2, 0.25) is 0 Å². The van der Waals surface area contributed by atoms with Crippen molar-refractivity contribution in [2.75, 3.05) is 11.9 Å². The molecule has 0 saturated carbocycles. The first-order valence-corrected chi connectivity index (χ1v) is 6.02. The molecule has 0 bridgehead atoms. The number of nitriles is 1. The zero-order valence-electron chi connectivity index (χ0n) is 11.2. The molecule has 0 N–H and O–H groups in total. The topological polar surface area (TPSA) is 70.2 Å². The molecular formula is C15H13N3O2. The number of nitro groups is 1. The van der Waals surface area contributed by atoms with Crippen LogP contribution in [0.4, 0.5) is 17.1 Å². The summed E-state index contributed by atoms with van der Waals surface area (Å²) in [5.74, 6) is 0. The Bertz CT molecular complexity index is 705. The van der Waals surface area contributed by atoms with E-state index in [-0.39, 0.29) is 5.69 Å². The molecule has 2 aromatic rings. The Morgan fingerprint density at radius 2 is 1.95 bits per heavy atom. The third-order valence-electron chi connectivity index (χ3n) is 3.11. The second kappa shape index (κ2) is 5.41. The van der Waals surface area contributed by atoms with Crippen molar-refractivity contribution in [3.8, 4) is 6.07 Å². The highest BCUT2D eigenvalue weighted by atomic mass is 16.6. The average Bonchev–Trinajstić information content (AvgIpc) is 2.46. The van der Waals surface area contributed by atoms with Gasteiger partial charge in [0.05, 0.1) is 16.6 Å². The predicted molar refractivity (Wildman–Crippen MR) is 77.1 cm³/mol. The van der Waals surface area contributed by atoms with Gasteiger partial charge in [0.1, 0.15) is 5.69 Å². The Hall–Kier alpha value is -2.87. The zero-order chi connectivity index (χ0) is 14.7. The molecule has 2 aromatic carbocycles. The Morgan fingerprint density at radius 1 is 1.25 bits per heavy atom. The van der Waals surface area contributed by atoms with Crippen LogP contribution in [0.15, 0.2) is 42.5 Å². The fourth-order valence-corrected chi connectivity index (χ4v) is 2.14.